The second kappa shape index (κ2) is 3.58. The molecule has 0 saturated carbocycles. The first kappa shape index (κ1) is 10.0. The summed E-state index contributed by atoms with van der Waals surface area (Å²) in [5, 5.41) is 13.6. The summed E-state index contributed by atoms with van der Waals surface area (Å²) in [5.74, 6) is -0.461. The molecule has 3 amide bonds. The number of anilines is 1. The highest BCUT2D eigenvalue weighted by Crippen LogP contribution is 2.21. The van der Waals surface area contributed by atoms with E-state index in [0.717, 1.165) is 0 Å². The monoisotopic (exact) mass is 219 g/mol. The number of aromatic hydroxyl groups is 1. The summed E-state index contributed by atoms with van der Waals surface area (Å²) >= 11 is 0. The smallest absolute Gasteiger partial charge is 0.326 e. The molecule has 0 aliphatic carbocycles. The molecule has 1 aliphatic rings. The molecule has 1 aliphatic heterocycles. The van der Waals surface area contributed by atoms with Gasteiger partial charge in [-0.2, -0.15) is 0 Å². The summed E-state index contributed by atoms with van der Waals surface area (Å²) in [7, 11) is 0. The largest absolute Gasteiger partial charge is 0.508 e. The number of imide groups is 1. The van der Waals surface area contributed by atoms with Gasteiger partial charge in [-0.05, 0) is 23.8 Å². The number of phenolic OH excluding ortho intramolecular Hbond substituents is 1. The number of rotatable bonds is 1. The Hall–Kier alpha value is -2.50. The van der Waals surface area contributed by atoms with Gasteiger partial charge in [0.1, 0.15) is 11.4 Å². The van der Waals surface area contributed by atoms with Crippen LogP contribution in [0.3, 0.4) is 0 Å². The number of hydrogen-bond acceptors (Lipinski definition) is 4. The fourth-order valence-corrected chi connectivity index (χ4v) is 1.33. The van der Waals surface area contributed by atoms with E-state index in [1.165, 1.54) is 18.2 Å². The molecule has 82 valence electrons. The van der Waals surface area contributed by atoms with Crippen molar-refractivity contribution in [3.8, 4) is 5.75 Å². The Morgan fingerprint density at radius 1 is 1.25 bits per heavy atom. The van der Waals surface area contributed by atoms with Crippen LogP contribution in [0.15, 0.2) is 23.9 Å². The molecule has 0 bridgehead atoms. The van der Waals surface area contributed by atoms with E-state index in [2.05, 4.69) is 10.6 Å². The molecule has 5 N–H and O–H groups in total. The SMILES string of the molecule is Nc1cc(O)ccc1/C=C1\NC(=O)NC1=O. The molecule has 6 heteroatoms. The number of amides is 3. The van der Waals surface area contributed by atoms with Crippen LogP contribution in [0.1, 0.15) is 5.56 Å². The quantitative estimate of drug-likeness (QED) is 0.306. The second-order valence-electron chi connectivity index (χ2n) is 3.28. The van der Waals surface area contributed by atoms with Crippen molar-refractivity contribution in [1.82, 2.24) is 10.6 Å². The number of carbonyl (C=O) groups excluding carboxylic acids is 2. The van der Waals surface area contributed by atoms with Crippen LogP contribution in [0.5, 0.6) is 5.75 Å². The van der Waals surface area contributed by atoms with Crippen molar-refractivity contribution >= 4 is 23.7 Å². The molecule has 0 spiro atoms. The number of carbonyl (C=O) groups is 2. The van der Waals surface area contributed by atoms with Crippen LogP contribution < -0.4 is 16.4 Å². The minimum Gasteiger partial charge on any atom is -0.508 e. The fraction of sp³-hybridized carbons (Fsp3) is 0. The van der Waals surface area contributed by atoms with Gasteiger partial charge >= 0.3 is 6.03 Å². The predicted octanol–water partition coefficient (Wildman–Crippen LogP) is 0.155. The maximum atomic E-state index is 11.2. The van der Waals surface area contributed by atoms with Gasteiger partial charge in [-0.25, -0.2) is 4.79 Å². The van der Waals surface area contributed by atoms with E-state index in [0.29, 0.717) is 11.3 Å². The highest BCUT2D eigenvalue weighted by Gasteiger charge is 2.22. The van der Waals surface area contributed by atoms with Gasteiger partial charge in [0, 0.05) is 11.8 Å². The van der Waals surface area contributed by atoms with E-state index in [1.807, 2.05) is 0 Å². The lowest BCUT2D eigenvalue weighted by molar-refractivity contribution is -0.115. The van der Waals surface area contributed by atoms with E-state index in [4.69, 9.17) is 10.8 Å². The fourth-order valence-electron chi connectivity index (χ4n) is 1.33. The Labute approximate surface area is 90.8 Å². The summed E-state index contributed by atoms with van der Waals surface area (Å²) < 4.78 is 0. The van der Waals surface area contributed by atoms with Gasteiger partial charge in [-0.3, -0.25) is 10.1 Å². The average molecular weight is 219 g/mol. The van der Waals surface area contributed by atoms with Crippen LogP contribution in [0.4, 0.5) is 10.5 Å². The van der Waals surface area contributed by atoms with Crippen LogP contribution in [-0.2, 0) is 4.79 Å². The molecule has 0 unspecified atom stereocenters. The zero-order valence-corrected chi connectivity index (χ0v) is 8.15. The van der Waals surface area contributed by atoms with Crippen molar-refractivity contribution in [3.05, 3.63) is 29.5 Å². The van der Waals surface area contributed by atoms with Gasteiger partial charge in [0.15, 0.2) is 0 Å². The summed E-state index contributed by atoms with van der Waals surface area (Å²) in [6, 6.07) is 3.79. The van der Waals surface area contributed by atoms with Crippen molar-refractivity contribution in [2.45, 2.75) is 0 Å². The third-order valence-electron chi connectivity index (χ3n) is 2.09. The van der Waals surface area contributed by atoms with Crippen LogP contribution in [-0.4, -0.2) is 17.0 Å². The van der Waals surface area contributed by atoms with Gasteiger partial charge in [-0.15, -0.1) is 0 Å². The zero-order chi connectivity index (χ0) is 11.7. The van der Waals surface area contributed by atoms with Crippen LogP contribution in [0, 0.1) is 0 Å². The van der Waals surface area contributed by atoms with Crippen molar-refractivity contribution in [2.24, 2.45) is 0 Å². The maximum absolute atomic E-state index is 11.2. The molecular formula is C10H9N3O3. The first-order chi connectivity index (χ1) is 7.56. The number of phenols is 1. The molecule has 6 nitrogen and oxygen atoms in total. The van der Waals surface area contributed by atoms with Gasteiger partial charge in [0.2, 0.25) is 0 Å². The molecule has 2 rings (SSSR count). The van der Waals surface area contributed by atoms with Crippen molar-refractivity contribution in [1.29, 1.82) is 0 Å². The molecule has 1 saturated heterocycles. The first-order valence-corrected chi connectivity index (χ1v) is 4.49. The molecule has 16 heavy (non-hydrogen) atoms. The third kappa shape index (κ3) is 1.81. The molecule has 1 aromatic carbocycles. The number of nitrogen functional groups attached to an aromatic ring is 1. The van der Waals surface area contributed by atoms with E-state index >= 15 is 0 Å². The molecule has 1 heterocycles. The van der Waals surface area contributed by atoms with Gasteiger partial charge in [0.25, 0.3) is 5.91 Å². The second-order valence-corrected chi connectivity index (χ2v) is 3.28. The Balaban J connectivity index is 2.36. The normalized spacial score (nSPS) is 17.4. The van der Waals surface area contributed by atoms with Gasteiger partial charge in [0.05, 0.1) is 0 Å². The van der Waals surface area contributed by atoms with E-state index in [1.54, 1.807) is 6.07 Å². The summed E-state index contributed by atoms with van der Waals surface area (Å²) in [4.78, 5) is 22.1. The molecule has 1 aromatic rings. The molecule has 1 fully saturated rings. The molecule has 0 aromatic heterocycles. The van der Waals surface area contributed by atoms with Crippen molar-refractivity contribution < 1.29 is 14.7 Å². The van der Waals surface area contributed by atoms with E-state index in [9.17, 15) is 9.59 Å². The lowest BCUT2D eigenvalue weighted by Crippen LogP contribution is -2.22. The topological polar surface area (TPSA) is 104 Å². The lowest BCUT2D eigenvalue weighted by atomic mass is 10.1. The Bertz CT molecular complexity index is 508. The number of urea groups is 1. The molecule has 0 atom stereocenters. The Morgan fingerprint density at radius 3 is 2.56 bits per heavy atom. The molecule has 0 radical (unpaired) electrons. The first-order valence-electron chi connectivity index (χ1n) is 4.49. The van der Waals surface area contributed by atoms with Gasteiger partial charge < -0.3 is 16.2 Å². The van der Waals surface area contributed by atoms with Crippen LogP contribution in [0.2, 0.25) is 0 Å². The minimum absolute atomic E-state index is 0.0413. The van der Waals surface area contributed by atoms with Gasteiger partial charge in [-0.1, -0.05) is 0 Å². The van der Waals surface area contributed by atoms with E-state index in [-0.39, 0.29) is 11.4 Å². The highest BCUT2D eigenvalue weighted by molar-refractivity contribution is 6.14. The Kier molecular flexibility index (Phi) is 2.24. The summed E-state index contributed by atoms with van der Waals surface area (Å²) in [6.07, 6.45) is 1.44. The predicted molar refractivity (Wildman–Crippen MR) is 57.2 cm³/mol. The third-order valence-corrected chi connectivity index (χ3v) is 2.09. The summed E-state index contributed by atoms with van der Waals surface area (Å²) in [6.45, 7) is 0. The maximum Gasteiger partial charge on any atom is 0.326 e. The number of nitrogens with one attached hydrogen (secondary N) is 2. The number of hydrogen-bond donors (Lipinski definition) is 4. The van der Waals surface area contributed by atoms with Crippen LogP contribution in [0.25, 0.3) is 6.08 Å². The Morgan fingerprint density at radius 2 is 2.00 bits per heavy atom. The van der Waals surface area contributed by atoms with Crippen LogP contribution >= 0.6 is 0 Å². The van der Waals surface area contributed by atoms with Crippen molar-refractivity contribution in [2.75, 3.05) is 5.73 Å². The zero-order valence-electron chi connectivity index (χ0n) is 8.15. The summed E-state index contributed by atoms with van der Waals surface area (Å²) in [5.41, 5.74) is 6.63. The lowest BCUT2D eigenvalue weighted by Gasteiger charge is -2.01. The van der Waals surface area contributed by atoms with E-state index < -0.39 is 11.9 Å². The number of benzene rings is 1. The highest BCUT2D eigenvalue weighted by atomic mass is 16.3. The minimum atomic E-state index is -0.561. The average Bonchev–Trinajstić information content (AvgIpc) is 2.50. The number of nitrogens with two attached hydrogens (primary N) is 1. The van der Waals surface area contributed by atoms with Crippen molar-refractivity contribution in [3.63, 3.8) is 0 Å². The molecular weight excluding hydrogens is 210 g/mol. The standard InChI is InChI=1S/C10H9N3O3/c11-7-4-6(14)2-1-5(7)3-8-9(15)13-10(16)12-8/h1-4,14H,11H2,(H2,12,13,15,16)/b8-3-.